The standard InChI is InChI=1S/C9H5ClN2O3/c10-8-2-1-6(12(13)14)5-7(8)9-11-3-4-15-9/h1-5H. The SMILES string of the molecule is O=[N+]([O-])c1ccc(Cl)c(-c2ncco2)c1. The van der Waals surface area contributed by atoms with Crippen LogP contribution in [0.3, 0.4) is 0 Å². The van der Waals surface area contributed by atoms with Crippen LogP contribution < -0.4 is 0 Å². The van der Waals surface area contributed by atoms with Crippen molar-refractivity contribution in [1.29, 1.82) is 0 Å². The summed E-state index contributed by atoms with van der Waals surface area (Å²) in [5.74, 6) is 0.267. The highest BCUT2D eigenvalue weighted by Crippen LogP contribution is 2.29. The third-order valence-electron chi connectivity index (χ3n) is 1.82. The molecule has 5 nitrogen and oxygen atoms in total. The molecule has 15 heavy (non-hydrogen) atoms. The number of hydrogen-bond donors (Lipinski definition) is 0. The molecule has 0 bridgehead atoms. The summed E-state index contributed by atoms with van der Waals surface area (Å²) in [6, 6.07) is 4.10. The molecule has 6 heteroatoms. The molecule has 0 aliphatic rings. The number of oxazole rings is 1. The second kappa shape index (κ2) is 3.70. The molecule has 76 valence electrons. The van der Waals surface area contributed by atoms with Gasteiger partial charge in [-0.05, 0) is 6.07 Å². The van der Waals surface area contributed by atoms with Crippen molar-refractivity contribution in [3.63, 3.8) is 0 Å². The second-order valence-electron chi connectivity index (χ2n) is 2.76. The highest BCUT2D eigenvalue weighted by atomic mass is 35.5. The number of benzene rings is 1. The van der Waals surface area contributed by atoms with Crippen molar-refractivity contribution in [2.24, 2.45) is 0 Å². The maximum Gasteiger partial charge on any atom is 0.270 e. The zero-order valence-electron chi connectivity index (χ0n) is 7.38. The van der Waals surface area contributed by atoms with E-state index in [0.717, 1.165) is 0 Å². The lowest BCUT2D eigenvalue weighted by atomic mass is 10.2. The van der Waals surface area contributed by atoms with Crippen molar-refractivity contribution in [3.8, 4) is 11.5 Å². The molecular weight excluding hydrogens is 220 g/mol. The predicted molar refractivity (Wildman–Crippen MR) is 53.6 cm³/mol. The molecule has 0 N–H and O–H groups in total. The minimum atomic E-state index is -0.497. The van der Waals surface area contributed by atoms with Crippen molar-refractivity contribution in [3.05, 3.63) is 45.8 Å². The first kappa shape index (κ1) is 9.67. The van der Waals surface area contributed by atoms with Crippen molar-refractivity contribution in [1.82, 2.24) is 4.98 Å². The third-order valence-corrected chi connectivity index (χ3v) is 2.15. The summed E-state index contributed by atoms with van der Waals surface area (Å²) in [7, 11) is 0. The topological polar surface area (TPSA) is 69.2 Å². The monoisotopic (exact) mass is 224 g/mol. The van der Waals surface area contributed by atoms with Crippen molar-refractivity contribution >= 4 is 17.3 Å². The van der Waals surface area contributed by atoms with Crippen molar-refractivity contribution < 1.29 is 9.34 Å². The summed E-state index contributed by atoms with van der Waals surface area (Å²) in [6.45, 7) is 0. The first-order valence-corrected chi connectivity index (χ1v) is 4.40. The van der Waals surface area contributed by atoms with Gasteiger partial charge in [0.25, 0.3) is 5.69 Å². The number of nitro benzene ring substituents is 1. The van der Waals surface area contributed by atoms with Gasteiger partial charge in [-0.2, -0.15) is 0 Å². The van der Waals surface area contributed by atoms with Gasteiger partial charge in [-0.3, -0.25) is 10.1 Å². The largest absolute Gasteiger partial charge is 0.444 e. The van der Waals surface area contributed by atoms with Gasteiger partial charge in [-0.15, -0.1) is 0 Å². The van der Waals surface area contributed by atoms with Gasteiger partial charge in [0.05, 0.1) is 21.7 Å². The molecule has 0 amide bonds. The number of halogens is 1. The number of nitrogens with zero attached hydrogens (tertiary/aromatic N) is 2. The molecule has 0 spiro atoms. The Morgan fingerprint density at radius 1 is 1.47 bits per heavy atom. The molecule has 1 heterocycles. The minimum absolute atomic E-state index is 0.0485. The van der Waals surface area contributed by atoms with Crippen LogP contribution in [0.5, 0.6) is 0 Å². The molecule has 0 radical (unpaired) electrons. The third kappa shape index (κ3) is 1.82. The fourth-order valence-electron chi connectivity index (χ4n) is 1.15. The van der Waals surface area contributed by atoms with Gasteiger partial charge in [0.2, 0.25) is 5.89 Å². The van der Waals surface area contributed by atoms with E-state index < -0.39 is 4.92 Å². The smallest absolute Gasteiger partial charge is 0.270 e. The molecule has 0 aliphatic carbocycles. The van der Waals surface area contributed by atoms with Crippen LogP contribution in [0.25, 0.3) is 11.5 Å². The van der Waals surface area contributed by atoms with E-state index in [1.165, 1.54) is 30.7 Å². The van der Waals surface area contributed by atoms with Crippen LogP contribution in [-0.4, -0.2) is 9.91 Å². The molecule has 2 rings (SSSR count). The van der Waals surface area contributed by atoms with Crippen molar-refractivity contribution in [2.75, 3.05) is 0 Å². The van der Waals surface area contributed by atoms with Gasteiger partial charge in [-0.1, -0.05) is 11.6 Å². The highest BCUT2D eigenvalue weighted by Gasteiger charge is 2.13. The fraction of sp³-hybridized carbons (Fsp3) is 0. The van der Waals surface area contributed by atoms with E-state index in [1.54, 1.807) is 0 Å². The molecule has 1 aromatic carbocycles. The lowest BCUT2D eigenvalue weighted by Gasteiger charge is -1.98. The zero-order chi connectivity index (χ0) is 10.8. The summed E-state index contributed by atoms with van der Waals surface area (Å²) in [4.78, 5) is 13.9. The molecule has 2 aromatic rings. The van der Waals surface area contributed by atoms with Gasteiger partial charge in [0.1, 0.15) is 6.26 Å². The molecular formula is C9H5ClN2O3. The lowest BCUT2D eigenvalue weighted by molar-refractivity contribution is -0.384. The van der Waals surface area contributed by atoms with E-state index in [0.29, 0.717) is 10.6 Å². The molecule has 0 atom stereocenters. The molecule has 0 saturated heterocycles. The zero-order valence-corrected chi connectivity index (χ0v) is 8.14. The first-order chi connectivity index (χ1) is 7.18. The van der Waals surface area contributed by atoms with Gasteiger partial charge >= 0.3 is 0 Å². The molecule has 0 unspecified atom stereocenters. The summed E-state index contributed by atoms with van der Waals surface area (Å²) in [5.41, 5.74) is 0.364. The van der Waals surface area contributed by atoms with Gasteiger partial charge < -0.3 is 4.42 Å². The Bertz CT molecular complexity index is 496. The second-order valence-corrected chi connectivity index (χ2v) is 3.17. The van der Waals surface area contributed by atoms with Gasteiger partial charge in [-0.25, -0.2) is 4.98 Å². The number of non-ortho nitro benzene ring substituents is 1. The Hall–Kier alpha value is -1.88. The van der Waals surface area contributed by atoms with Gasteiger partial charge in [0.15, 0.2) is 0 Å². The Morgan fingerprint density at radius 2 is 2.27 bits per heavy atom. The van der Waals surface area contributed by atoms with E-state index in [-0.39, 0.29) is 11.6 Å². The van der Waals surface area contributed by atoms with Crippen LogP contribution >= 0.6 is 11.6 Å². The first-order valence-electron chi connectivity index (χ1n) is 4.02. The summed E-state index contributed by atoms with van der Waals surface area (Å²) >= 11 is 5.87. The molecule has 0 aliphatic heterocycles. The number of nitro groups is 1. The van der Waals surface area contributed by atoms with E-state index in [4.69, 9.17) is 16.0 Å². The Balaban J connectivity index is 2.55. The lowest BCUT2D eigenvalue weighted by Crippen LogP contribution is -1.89. The van der Waals surface area contributed by atoms with E-state index in [2.05, 4.69) is 4.98 Å². The van der Waals surface area contributed by atoms with E-state index in [1.807, 2.05) is 0 Å². The highest BCUT2D eigenvalue weighted by molar-refractivity contribution is 6.33. The number of rotatable bonds is 2. The van der Waals surface area contributed by atoms with Crippen LogP contribution in [0.1, 0.15) is 0 Å². The Labute approximate surface area is 89.5 Å². The average molecular weight is 225 g/mol. The van der Waals surface area contributed by atoms with Crippen molar-refractivity contribution in [2.45, 2.75) is 0 Å². The van der Waals surface area contributed by atoms with Crippen LogP contribution in [-0.2, 0) is 0 Å². The average Bonchev–Trinajstić information content (AvgIpc) is 2.71. The fourth-order valence-corrected chi connectivity index (χ4v) is 1.35. The van der Waals surface area contributed by atoms with E-state index in [9.17, 15) is 10.1 Å². The molecule has 0 fully saturated rings. The minimum Gasteiger partial charge on any atom is -0.444 e. The summed E-state index contributed by atoms with van der Waals surface area (Å²) in [6.07, 6.45) is 2.83. The number of hydrogen-bond acceptors (Lipinski definition) is 4. The molecule has 1 aromatic heterocycles. The summed E-state index contributed by atoms with van der Waals surface area (Å²) in [5, 5.41) is 10.9. The normalized spacial score (nSPS) is 10.2. The Morgan fingerprint density at radius 3 is 2.87 bits per heavy atom. The van der Waals surface area contributed by atoms with Crippen LogP contribution in [0.15, 0.2) is 35.1 Å². The van der Waals surface area contributed by atoms with Crippen LogP contribution in [0.4, 0.5) is 5.69 Å². The van der Waals surface area contributed by atoms with Crippen LogP contribution in [0, 0.1) is 10.1 Å². The number of aromatic nitrogens is 1. The van der Waals surface area contributed by atoms with E-state index >= 15 is 0 Å². The summed E-state index contributed by atoms with van der Waals surface area (Å²) < 4.78 is 5.02. The Kier molecular flexibility index (Phi) is 2.39. The molecule has 0 saturated carbocycles. The van der Waals surface area contributed by atoms with Crippen LogP contribution in [0.2, 0.25) is 5.02 Å². The maximum atomic E-state index is 10.5. The van der Waals surface area contributed by atoms with Gasteiger partial charge in [0, 0.05) is 12.1 Å². The quantitative estimate of drug-likeness (QED) is 0.581. The predicted octanol–water partition coefficient (Wildman–Crippen LogP) is 2.90. The maximum absolute atomic E-state index is 10.5.